The largest absolute Gasteiger partial charge is 0.459 e. The summed E-state index contributed by atoms with van der Waals surface area (Å²) < 4.78 is 56.2. The summed E-state index contributed by atoms with van der Waals surface area (Å²) in [4.78, 5) is 45.2. The molecule has 12 heteroatoms. The van der Waals surface area contributed by atoms with Gasteiger partial charge in [-0.2, -0.15) is 13.2 Å². The van der Waals surface area contributed by atoms with Crippen molar-refractivity contribution in [2.24, 2.45) is 5.92 Å². The van der Waals surface area contributed by atoms with Crippen LogP contribution in [0.15, 0.2) is 54.6 Å². The van der Waals surface area contributed by atoms with Crippen molar-refractivity contribution in [3.05, 3.63) is 71.3 Å². The maximum Gasteiger partial charge on any atom is 0.416 e. The number of carbonyl (C=O) groups excluding carboxylic acids is 2. The van der Waals surface area contributed by atoms with E-state index in [1.807, 2.05) is 0 Å². The van der Waals surface area contributed by atoms with E-state index in [4.69, 9.17) is 4.74 Å². The second-order valence-corrected chi connectivity index (χ2v) is 10.0. The van der Waals surface area contributed by atoms with Crippen molar-refractivity contribution in [1.82, 2.24) is 10.2 Å². The van der Waals surface area contributed by atoms with Crippen LogP contribution in [0.25, 0.3) is 0 Å². The molecule has 2 rings (SSSR count). The van der Waals surface area contributed by atoms with Gasteiger partial charge in [-0.3, -0.25) is 4.57 Å². The Morgan fingerprint density at radius 3 is 2.26 bits per heavy atom. The standard InChI is InChI=1S/C23H28F3N2O6P/c1-16(2)13-28(15-35(31,32)33)22(30)27-20(21(29)34-14-17-7-4-3-5-8-17)12-18-9-6-10-19(11-18)23(24,25)26/h3-11,16,20H,12-15H2,1-2H3,(H,27,30)(H2,31,32,33)/t20-/m0/s1. The Morgan fingerprint density at radius 1 is 1.06 bits per heavy atom. The highest BCUT2D eigenvalue weighted by Gasteiger charge is 2.32. The van der Waals surface area contributed by atoms with Crippen molar-refractivity contribution in [1.29, 1.82) is 0 Å². The van der Waals surface area contributed by atoms with Crippen LogP contribution in [0.3, 0.4) is 0 Å². The molecule has 0 aliphatic carbocycles. The van der Waals surface area contributed by atoms with Gasteiger partial charge in [-0.25, -0.2) is 9.59 Å². The number of nitrogens with one attached hydrogen (secondary N) is 1. The molecule has 2 amide bonds. The zero-order valence-electron chi connectivity index (χ0n) is 19.2. The zero-order valence-corrected chi connectivity index (χ0v) is 20.1. The molecule has 2 aromatic rings. The molecule has 0 bridgehead atoms. The van der Waals surface area contributed by atoms with Crippen LogP contribution in [0.4, 0.5) is 18.0 Å². The third-order valence-corrected chi connectivity index (χ3v) is 5.44. The Labute approximate surface area is 201 Å². The summed E-state index contributed by atoms with van der Waals surface area (Å²) in [5.41, 5.74) is -0.138. The van der Waals surface area contributed by atoms with Crippen molar-refractivity contribution < 1.29 is 41.8 Å². The van der Waals surface area contributed by atoms with E-state index in [1.165, 1.54) is 12.1 Å². The number of hydrogen-bond acceptors (Lipinski definition) is 4. The van der Waals surface area contributed by atoms with Gasteiger partial charge in [0.1, 0.15) is 18.9 Å². The second kappa shape index (κ2) is 12.2. The summed E-state index contributed by atoms with van der Waals surface area (Å²) in [5.74, 6) is -1.06. The molecule has 192 valence electrons. The Balaban J connectivity index is 2.26. The number of nitrogens with zero attached hydrogens (tertiary/aromatic N) is 1. The predicted molar refractivity (Wildman–Crippen MR) is 122 cm³/mol. The van der Waals surface area contributed by atoms with Crippen LogP contribution in [-0.2, 0) is 33.3 Å². The minimum atomic E-state index is -4.62. The van der Waals surface area contributed by atoms with Gasteiger partial charge in [0, 0.05) is 13.0 Å². The second-order valence-electron chi connectivity index (χ2n) is 8.42. The Kier molecular flexibility index (Phi) is 9.88. The van der Waals surface area contributed by atoms with E-state index in [-0.39, 0.29) is 31.1 Å². The monoisotopic (exact) mass is 516 g/mol. The SMILES string of the molecule is CC(C)CN(CP(=O)(O)O)C(=O)N[C@@H](Cc1cccc(C(F)(F)F)c1)C(=O)OCc1ccccc1. The van der Waals surface area contributed by atoms with Crippen molar-refractivity contribution in [3.8, 4) is 0 Å². The number of benzene rings is 2. The molecule has 0 fully saturated rings. The van der Waals surface area contributed by atoms with Crippen molar-refractivity contribution in [3.63, 3.8) is 0 Å². The molecular formula is C23H28F3N2O6P. The lowest BCUT2D eigenvalue weighted by Gasteiger charge is -2.27. The summed E-state index contributed by atoms with van der Waals surface area (Å²) in [6, 6.07) is 10.6. The molecule has 2 aromatic carbocycles. The third kappa shape index (κ3) is 10.1. The number of carbonyl (C=O) groups is 2. The third-order valence-electron chi connectivity index (χ3n) is 4.73. The molecule has 0 aliphatic rings. The molecule has 1 atom stereocenters. The summed E-state index contributed by atoms with van der Waals surface area (Å²) in [5, 5.41) is 2.38. The Morgan fingerprint density at radius 2 is 1.69 bits per heavy atom. The number of halogens is 3. The predicted octanol–water partition coefficient (Wildman–Crippen LogP) is 4.16. The van der Waals surface area contributed by atoms with E-state index in [0.29, 0.717) is 5.56 Å². The topological polar surface area (TPSA) is 116 Å². The number of hydrogen-bond donors (Lipinski definition) is 3. The first-order valence-electron chi connectivity index (χ1n) is 10.7. The van der Waals surface area contributed by atoms with Crippen LogP contribution < -0.4 is 5.32 Å². The zero-order chi connectivity index (χ0) is 26.2. The summed E-state index contributed by atoms with van der Waals surface area (Å²) in [6.45, 7) is 3.31. The van der Waals surface area contributed by atoms with Crippen molar-refractivity contribution >= 4 is 19.6 Å². The molecule has 0 spiro atoms. The van der Waals surface area contributed by atoms with E-state index < -0.39 is 43.7 Å². The molecule has 0 aromatic heterocycles. The fourth-order valence-electron chi connectivity index (χ4n) is 3.24. The molecule has 0 radical (unpaired) electrons. The quantitative estimate of drug-likeness (QED) is 0.323. The van der Waals surface area contributed by atoms with Crippen molar-refractivity contribution in [2.75, 3.05) is 12.8 Å². The van der Waals surface area contributed by atoms with Gasteiger partial charge in [0.25, 0.3) is 0 Å². The van der Waals surface area contributed by atoms with Crippen LogP contribution in [0.2, 0.25) is 0 Å². The van der Waals surface area contributed by atoms with Gasteiger partial charge in [-0.05, 0) is 23.1 Å². The van der Waals surface area contributed by atoms with Crippen LogP contribution in [-0.4, -0.2) is 45.6 Å². The molecular weight excluding hydrogens is 488 g/mol. The minimum absolute atomic E-state index is 0.0215. The molecule has 0 saturated heterocycles. The van der Waals surface area contributed by atoms with Gasteiger partial charge in [0.2, 0.25) is 0 Å². The van der Waals surface area contributed by atoms with Gasteiger partial charge >= 0.3 is 25.8 Å². The first-order chi connectivity index (χ1) is 16.2. The summed E-state index contributed by atoms with van der Waals surface area (Å²) >= 11 is 0. The molecule has 35 heavy (non-hydrogen) atoms. The fraction of sp³-hybridized carbons (Fsp3) is 0.391. The Hall–Kier alpha value is -2.88. The summed E-state index contributed by atoms with van der Waals surface area (Å²) in [7, 11) is -4.62. The first kappa shape index (κ1) is 28.4. The van der Waals surface area contributed by atoms with E-state index in [1.54, 1.807) is 44.2 Å². The van der Waals surface area contributed by atoms with Gasteiger partial charge in [-0.15, -0.1) is 0 Å². The average molecular weight is 516 g/mol. The number of esters is 1. The molecule has 8 nitrogen and oxygen atoms in total. The molecule has 3 N–H and O–H groups in total. The maximum absolute atomic E-state index is 13.1. The normalized spacial score (nSPS) is 12.8. The number of amides is 2. The lowest BCUT2D eigenvalue weighted by molar-refractivity contribution is -0.147. The van der Waals surface area contributed by atoms with E-state index in [9.17, 15) is 37.1 Å². The van der Waals surface area contributed by atoms with E-state index in [0.717, 1.165) is 17.0 Å². The van der Waals surface area contributed by atoms with Gasteiger partial charge in [0.05, 0.1) is 5.56 Å². The highest BCUT2D eigenvalue weighted by atomic mass is 31.2. The minimum Gasteiger partial charge on any atom is -0.459 e. The smallest absolute Gasteiger partial charge is 0.416 e. The van der Waals surface area contributed by atoms with E-state index in [2.05, 4.69) is 5.32 Å². The van der Waals surface area contributed by atoms with Gasteiger partial charge in [-0.1, -0.05) is 62.4 Å². The number of alkyl halides is 3. The molecule has 0 unspecified atom stereocenters. The maximum atomic E-state index is 13.1. The number of rotatable bonds is 10. The Bertz CT molecular complexity index is 1040. The molecule has 0 aliphatic heterocycles. The lowest BCUT2D eigenvalue weighted by atomic mass is 10.0. The fourth-order valence-corrected chi connectivity index (χ4v) is 3.93. The number of ether oxygens (including phenoxy) is 1. The van der Waals surface area contributed by atoms with Crippen LogP contribution in [0, 0.1) is 5.92 Å². The van der Waals surface area contributed by atoms with Gasteiger partial charge in [0.15, 0.2) is 0 Å². The lowest BCUT2D eigenvalue weighted by Crippen LogP contribution is -2.50. The number of urea groups is 1. The van der Waals surface area contributed by atoms with Crippen LogP contribution in [0.1, 0.15) is 30.5 Å². The van der Waals surface area contributed by atoms with Crippen molar-refractivity contribution in [2.45, 2.75) is 39.1 Å². The first-order valence-corrected chi connectivity index (χ1v) is 12.5. The summed E-state index contributed by atoms with van der Waals surface area (Å²) in [6.07, 6.45) is -5.80. The molecule has 0 heterocycles. The van der Waals surface area contributed by atoms with Crippen LogP contribution >= 0.6 is 7.60 Å². The highest BCUT2D eigenvalue weighted by molar-refractivity contribution is 7.51. The molecule has 0 saturated carbocycles. The van der Waals surface area contributed by atoms with Gasteiger partial charge < -0.3 is 24.7 Å². The van der Waals surface area contributed by atoms with E-state index >= 15 is 0 Å². The average Bonchev–Trinajstić information content (AvgIpc) is 2.75. The highest BCUT2D eigenvalue weighted by Crippen LogP contribution is 2.35. The van der Waals surface area contributed by atoms with Crippen LogP contribution in [0.5, 0.6) is 0 Å².